The molecule has 0 saturated carbocycles. The van der Waals surface area contributed by atoms with Crippen molar-refractivity contribution in [2.24, 2.45) is 0 Å². The molecule has 0 N–H and O–H groups in total. The van der Waals surface area contributed by atoms with Crippen molar-refractivity contribution in [3.05, 3.63) is 22.2 Å². The summed E-state index contributed by atoms with van der Waals surface area (Å²) in [5.41, 5.74) is 0.171. The Hall–Kier alpha value is -1.11. The van der Waals surface area contributed by atoms with Gasteiger partial charge in [0.25, 0.3) is 0 Å². The van der Waals surface area contributed by atoms with Crippen LogP contribution in [0.4, 0.5) is 4.79 Å². The van der Waals surface area contributed by atoms with Crippen molar-refractivity contribution in [3.8, 4) is 0 Å². The quantitative estimate of drug-likeness (QED) is 0.606. The summed E-state index contributed by atoms with van der Waals surface area (Å²) >= 11 is 11.7. The number of likely N-dealkylation sites (tertiary alicyclic amines) is 1. The van der Waals surface area contributed by atoms with E-state index in [-0.39, 0.29) is 29.2 Å². The molecule has 2 heterocycles. The molecule has 0 aromatic carbocycles. The van der Waals surface area contributed by atoms with E-state index in [0.717, 1.165) is 12.8 Å². The van der Waals surface area contributed by atoms with Crippen molar-refractivity contribution in [1.29, 1.82) is 0 Å². The Labute approximate surface area is 146 Å². The summed E-state index contributed by atoms with van der Waals surface area (Å²) in [6.45, 7) is 7.02. The summed E-state index contributed by atoms with van der Waals surface area (Å²) in [7, 11) is 0. The second-order valence-electron chi connectivity index (χ2n) is 6.46. The Bertz CT molecular complexity index is 563. The molecule has 8 heteroatoms. The zero-order chi connectivity index (χ0) is 17.0. The number of rotatable bonds is 3. The van der Waals surface area contributed by atoms with Crippen molar-refractivity contribution >= 4 is 29.3 Å². The van der Waals surface area contributed by atoms with Crippen LogP contribution in [-0.2, 0) is 16.1 Å². The minimum Gasteiger partial charge on any atom is -0.444 e. The molecule has 0 bridgehead atoms. The molecule has 1 aromatic rings. The van der Waals surface area contributed by atoms with Crippen molar-refractivity contribution in [3.63, 3.8) is 0 Å². The Morgan fingerprint density at radius 1 is 1.43 bits per heavy atom. The molecule has 1 atom stereocenters. The maximum Gasteiger partial charge on any atom is 0.410 e. The third-order valence-electron chi connectivity index (χ3n) is 3.29. The fourth-order valence-electron chi connectivity index (χ4n) is 2.24. The first-order valence-electron chi connectivity index (χ1n) is 7.51. The normalized spacial score (nSPS) is 18.8. The van der Waals surface area contributed by atoms with E-state index in [2.05, 4.69) is 9.97 Å². The molecule has 0 spiro atoms. The van der Waals surface area contributed by atoms with E-state index in [4.69, 9.17) is 32.7 Å². The molecule has 23 heavy (non-hydrogen) atoms. The molecule has 6 nitrogen and oxygen atoms in total. The van der Waals surface area contributed by atoms with Crippen molar-refractivity contribution in [1.82, 2.24) is 14.9 Å². The monoisotopic (exact) mass is 361 g/mol. The van der Waals surface area contributed by atoms with Gasteiger partial charge in [-0.25, -0.2) is 14.8 Å². The van der Waals surface area contributed by atoms with Gasteiger partial charge in [0.1, 0.15) is 10.8 Å². The standard InChI is InChI=1S/C15H21Cl2N3O3/c1-15(2,3)23-14(21)20-6-4-5-11(8-20)22-9-10-7-18-13(17)19-12(10)16/h7,11H,4-6,8-9H2,1-3H3/t11-/m1/s1. The second kappa shape index (κ2) is 7.64. The number of hydrogen-bond donors (Lipinski definition) is 0. The summed E-state index contributed by atoms with van der Waals surface area (Å²) in [5, 5.41) is 0.386. The minimum absolute atomic E-state index is 0.0667. The van der Waals surface area contributed by atoms with E-state index in [1.807, 2.05) is 20.8 Å². The molecule has 0 aliphatic carbocycles. The molecule has 1 saturated heterocycles. The van der Waals surface area contributed by atoms with Gasteiger partial charge in [0.15, 0.2) is 0 Å². The topological polar surface area (TPSA) is 64.5 Å². The highest BCUT2D eigenvalue weighted by atomic mass is 35.5. The largest absolute Gasteiger partial charge is 0.444 e. The van der Waals surface area contributed by atoms with Gasteiger partial charge < -0.3 is 14.4 Å². The molecular weight excluding hydrogens is 341 g/mol. The predicted octanol–water partition coefficient (Wildman–Crippen LogP) is 3.70. The number of nitrogens with zero attached hydrogens (tertiary/aromatic N) is 3. The summed E-state index contributed by atoms with van der Waals surface area (Å²) in [6.07, 6.45) is 2.92. The van der Waals surface area contributed by atoms with Crippen LogP contribution in [-0.4, -0.2) is 45.8 Å². The second-order valence-corrected chi connectivity index (χ2v) is 7.15. The number of carbonyl (C=O) groups excluding carboxylic acids is 1. The predicted molar refractivity (Wildman–Crippen MR) is 87.7 cm³/mol. The lowest BCUT2D eigenvalue weighted by molar-refractivity contribution is -0.0259. The van der Waals surface area contributed by atoms with Crippen LogP contribution < -0.4 is 0 Å². The van der Waals surface area contributed by atoms with Gasteiger partial charge >= 0.3 is 6.09 Å². The molecule has 2 rings (SSSR count). The van der Waals surface area contributed by atoms with Crippen molar-refractivity contribution in [2.45, 2.75) is 51.9 Å². The van der Waals surface area contributed by atoms with Gasteiger partial charge in [-0.2, -0.15) is 0 Å². The highest BCUT2D eigenvalue weighted by molar-refractivity contribution is 6.32. The van der Waals surface area contributed by atoms with Crippen LogP contribution in [0, 0.1) is 0 Å². The highest BCUT2D eigenvalue weighted by Gasteiger charge is 2.28. The zero-order valence-electron chi connectivity index (χ0n) is 13.5. The van der Waals surface area contributed by atoms with Gasteiger partial charge in [0.05, 0.1) is 19.3 Å². The first kappa shape index (κ1) is 18.2. The summed E-state index contributed by atoms with van der Waals surface area (Å²) in [5.74, 6) is 0. The Balaban J connectivity index is 1.87. The van der Waals surface area contributed by atoms with Gasteiger partial charge in [-0.1, -0.05) is 11.6 Å². The number of piperidine rings is 1. The van der Waals surface area contributed by atoms with Crippen LogP contribution in [0.3, 0.4) is 0 Å². The summed E-state index contributed by atoms with van der Waals surface area (Å²) < 4.78 is 11.2. The number of aromatic nitrogens is 2. The average Bonchev–Trinajstić information content (AvgIpc) is 2.45. The average molecular weight is 362 g/mol. The first-order chi connectivity index (χ1) is 10.7. The van der Waals surface area contributed by atoms with Gasteiger partial charge in [-0.05, 0) is 45.2 Å². The van der Waals surface area contributed by atoms with E-state index in [1.54, 1.807) is 11.1 Å². The molecule has 128 valence electrons. The third-order valence-corrected chi connectivity index (χ3v) is 3.80. The number of amides is 1. The van der Waals surface area contributed by atoms with Gasteiger partial charge in [0.2, 0.25) is 5.28 Å². The fraction of sp³-hybridized carbons (Fsp3) is 0.667. The van der Waals surface area contributed by atoms with Crippen molar-refractivity contribution in [2.75, 3.05) is 13.1 Å². The van der Waals surface area contributed by atoms with Crippen LogP contribution in [0.25, 0.3) is 0 Å². The molecule has 1 aliphatic rings. The van der Waals surface area contributed by atoms with E-state index >= 15 is 0 Å². The Morgan fingerprint density at radius 3 is 2.83 bits per heavy atom. The van der Waals surface area contributed by atoms with Gasteiger partial charge in [-0.3, -0.25) is 0 Å². The molecule has 1 aromatic heterocycles. The molecule has 1 fully saturated rings. The van der Waals surface area contributed by atoms with Crippen molar-refractivity contribution < 1.29 is 14.3 Å². The summed E-state index contributed by atoms with van der Waals surface area (Å²) in [6, 6.07) is 0. The SMILES string of the molecule is CC(C)(C)OC(=O)N1CCC[C@@H](OCc2cnc(Cl)nc2Cl)C1. The number of hydrogen-bond acceptors (Lipinski definition) is 5. The molecule has 0 radical (unpaired) electrons. The number of halogens is 2. The van der Waals surface area contributed by atoms with E-state index < -0.39 is 5.60 Å². The fourth-order valence-corrected chi connectivity index (χ4v) is 2.60. The van der Waals surface area contributed by atoms with Crippen LogP contribution in [0.1, 0.15) is 39.2 Å². The Kier molecular flexibility index (Phi) is 6.06. The van der Waals surface area contributed by atoms with Crippen LogP contribution >= 0.6 is 23.2 Å². The van der Waals surface area contributed by atoms with E-state index in [1.165, 1.54) is 0 Å². The number of carbonyl (C=O) groups is 1. The smallest absolute Gasteiger partial charge is 0.410 e. The maximum atomic E-state index is 12.1. The first-order valence-corrected chi connectivity index (χ1v) is 8.26. The van der Waals surface area contributed by atoms with Crippen LogP contribution in [0.2, 0.25) is 10.4 Å². The highest BCUT2D eigenvalue weighted by Crippen LogP contribution is 2.20. The lowest BCUT2D eigenvalue weighted by atomic mass is 10.1. The molecule has 1 aliphatic heterocycles. The number of ether oxygens (including phenoxy) is 2. The van der Waals surface area contributed by atoms with Crippen LogP contribution in [0.5, 0.6) is 0 Å². The van der Waals surface area contributed by atoms with Gasteiger partial charge in [0, 0.05) is 18.3 Å². The minimum atomic E-state index is -0.501. The van der Waals surface area contributed by atoms with Gasteiger partial charge in [-0.15, -0.1) is 0 Å². The third kappa shape index (κ3) is 5.79. The lowest BCUT2D eigenvalue weighted by Crippen LogP contribution is -2.45. The summed E-state index contributed by atoms with van der Waals surface area (Å²) in [4.78, 5) is 21.6. The Morgan fingerprint density at radius 2 is 2.17 bits per heavy atom. The molecular formula is C15H21Cl2N3O3. The van der Waals surface area contributed by atoms with E-state index in [0.29, 0.717) is 18.7 Å². The zero-order valence-corrected chi connectivity index (χ0v) is 15.0. The van der Waals surface area contributed by atoms with E-state index in [9.17, 15) is 4.79 Å². The lowest BCUT2D eigenvalue weighted by Gasteiger charge is -2.34. The molecule has 1 amide bonds. The molecule has 0 unspecified atom stereocenters. The maximum absolute atomic E-state index is 12.1. The van der Waals surface area contributed by atoms with Crippen LogP contribution in [0.15, 0.2) is 6.20 Å².